The molecule has 1 heterocycles. The van der Waals surface area contributed by atoms with Crippen molar-refractivity contribution >= 4 is 23.2 Å². The maximum absolute atomic E-state index is 12.9. The third-order valence-corrected chi connectivity index (χ3v) is 4.88. The largest absolute Gasteiger partial charge is 0.493 e. The lowest BCUT2D eigenvalue weighted by Crippen LogP contribution is -2.42. The fourth-order valence-electron chi connectivity index (χ4n) is 3.22. The Labute approximate surface area is 176 Å². The maximum atomic E-state index is 12.9. The number of nitrogens with zero attached hydrogens (tertiary/aromatic N) is 1. The first kappa shape index (κ1) is 21.2. The van der Waals surface area contributed by atoms with Gasteiger partial charge in [0.1, 0.15) is 12.4 Å². The summed E-state index contributed by atoms with van der Waals surface area (Å²) in [5.41, 5.74) is 0.951. The minimum absolute atomic E-state index is 0.0386. The molecule has 158 valence electrons. The van der Waals surface area contributed by atoms with Crippen molar-refractivity contribution < 1.29 is 23.8 Å². The highest BCUT2D eigenvalue weighted by Gasteiger charge is 2.37. The molecule has 2 aromatic rings. The molecule has 1 N–H and O–H groups in total. The second-order valence-electron chi connectivity index (χ2n) is 7.58. The zero-order valence-electron chi connectivity index (χ0n) is 17.7. The normalized spacial score (nSPS) is 14.8. The summed E-state index contributed by atoms with van der Waals surface area (Å²) >= 11 is 0. The van der Waals surface area contributed by atoms with Crippen molar-refractivity contribution in [3.63, 3.8) is 0 Å². The molecule has 0 aliphatic carbocycles. The lowest BCUT2D eigenvalue weighted by Gasteiger charge is -2.27. The van der Waals surface area contributed by atoms with Crippen LogP contribution in [0.1, 0.15) is 24.2 Å². The third-order valence-electron chi connectivity index (χ3n) is 4.88. The summed E-state index contributed by atoms with van der Waals surface area (Å²) < 4.78 is 16.4. The summed E-state index contributed by atoms with van der Waals surface area (Å²) in [6.45, 7) is 8.04. The summed E-state index contributed by atoms with van der Waals surface area (Å²) in [5.74, 6) is 1.20. The van der Waals surface area contributed by atoms with E-state index in [0.29, 0.717) is 40.7 Å². The number of rotatable bonds is 6. The molecule has 0 aromatic heterocycles. The van der Waals surface area contributed by atoms with Crippen LogP contribution in [0.4, 0.5) is 11.4 Å². The van der Waals surface area contributed by atoms with Gasteiger partial charge in [-0.05, 0) is 44.2 Å². The molecule has 2 amide bonds. The van der Waals surface area contributed by atoms with Gasteiger partial charge in [-0.1, -0.05) is 6.08 Å². The van der Waals surface area contributed by atoms with Gasteiger partial charge in [0, 0.05) is 23.9 Å². The molecular weight excluding hydrogens is 384 g/mol. The first-order chi connectivity index (χ1) is 14.3. The molecule has 0 saturated heterocycles. The lowest BCUT2D eigenvalue weighted by molar-refractivity contribution is -0.127. The van der Waals surface area contributed by atoms with Crippen LogP contribution in [0, 0.1) is 5.41 Å². The van der Waals surface area contributed by atoms with E-state index in [2.05, 4.69) is 11.9 Å². The van der Waals surface area contributed by atoms with E-state index in [1.54, 1.807) is 47.4 Å². The van der Waals surface area contributed by atoms with Crippen molar-refractivity contribution in [2.24, 2.45) is 5.41 Å². The van der Waals surface area contributed by atoms with E-state index in [4.69, 9.17) is 14.2 Å². The number of anilines is 2. The maximum Gasteiger partial charge on any atom is 0.255 e. The van der Waals surface area contributed by atoms with Gasteiger partial charge < -0.3 is 24.4 Å². The first-order valence-electron chi connectivity index (χ1n) is 9.54. The summed E-state index contributed by atoms with van der Waals surface area (Å²) in [6, 6.07) is 10.2. The summed E-state index contributed by atoms with van der Waals surface area (Å²) in [7, 11) is 3.05. The van der Waals surface area contributed by atoms with Crippen LogP contribution in [0.5, 0.6) is 17.2 Å². The molecule has 1 aliphatic rings. The van der Waals surface area contributed by atoms with Gasteiger partial charge in [0.25, 0.3) is 5.91 Å². The van der Waals surface area contributed by atoms with Crippen LogP contribution >= 0.6 is 0 Å². The van der Waals surface area contributed by atoms with E-state index in [1.165, 1.54) is 14.2 Å². The number of amides is 2. The molecular formula is C23H26N2O5. The predicted octanol–water partition coefficient (Wildman–Crippen LogP) is 3.89. The second-order valence-corrected chi connectivity index (χ2v) is 7.58. The second kappa shape index (κ2) is 8.49. The van der Waals surface area contributed by atoms with E-state index < -0.39 is 5.41 Å². The highest BCUT2D eigenvalue weighted by molar-refractivity contribution is 6.05. The molecule has 1 aliphatic heterocycles. The SMILES string of the molecule is C=CCN1C(=O)C(C)(C)COc2cc(NC(=O)c3ccc(OC)c(OC)c3)ccc21. The van der Waals surface area contributed by atoms with Crippen LogP contribution < -0.4 is 24.4 Å². The summed E-state index contributed by atoms with van der Waals surface area (Å²) in [4.78, 5) is 27.2. The number of nitrogens with one attached hydrogen (secondary N) is 1. The minimum Gasteiger partial charge on any atom is -0.493 e. The van der Waals surface area contributed by atoms with Crippen LogP contribution in [0.25, 0.3) is 0 Å². The van der Waals surface area contributed by atoms with Crippen molar-refractivity contribution in [2.45, 2.75) is 13.8 Å². The van der Waals surface area contributed by atoms with Gasteiger partial charge in [0.05, 0.1) is 25.3 Å². The van der Waals surface area contributed by atoms with E-state index in [9.17, 15) is 9.59 Å². The average Bonchev–Trinajstić information content (AvgIpc) is 2.83. The predicted molar refractivity (Wildman–Crippen MR) is 116 cm³/mol. The molecule has 0 spiro atoms. The molecule has 0 atom stereocenters. The third kappa shape index (κ3) is 4.10. The fourth-order valence-corrected chi connectivity index (χ4v) is 3.22. The Morgan fingerprint density at radius 2 is 1.93 bits per heavy atom. The van der Waals surface area contributed by atoms with Crippen LogP contribution in [-0.2, 0) is 4.79 Å². The summed E-state index contributed by atoms with van der Waals surface area (Å²) in [5, 5.41) is 2.86. The quantitative estimate of drug-likeness (QED) is 0.731. The Kier molecular flexibility index (Phi) is 6.01. The Morgan fingerprint density at radius 1 is 1.20 bits per heavy atom. The van der Waals surface area contributed by atoms with E-state index in [1.807, 2.05) is 13.8 Å². The monoisotopic (exact) mass is 410 g/mol. The lowest BCUT2D eigenvalue weighted by atomic mass is 9.93. The van der Waals surface area contributed by atoms with Crippen LogP contribution in [0.2, 0.25) is 0 Å². The highest BCUT2D eigenvalue weighted by Crippen LogP contribution is 2.38. The number of carbonyl (C=O) groups excluding carboxylic acids is 2. The first-order valence-corrected chi connectivity index (χ1v) is 9.54. The zero-order valence-corrected chi connectivity index (χ0v) is 17.7. The van der Waals surface area contributed by atoms with Crippen molar-refractivity contribution in [3.8, 4) is 17.2 Å². The number of hydrogen-bond donors (Lipinski definition) is 1. The van der Waals surface area contributed by atoms with Crippen molar-refractivity contribution in [3.05, 3.63) is 54.6 Å². The highest BCUT2D eigenvalue weighted by atomic mass is 16.5. The Hall–Kier alpha value is -3.48. The van der Waals surface area contributed by atoms with Gasteiger partial charge in [0.15, 0.2) is 11.5 Å². The zero-order chi connectivity index (χ0) is 21.9. The molecule has 7 heteroatoms. The number of fused-ring (bicyclic) bond motifs is 1. The Balaban J connectivity index is 1.88. The van der Waals surface area contributed by atoms with E-state index in [0.717, 1.165) is 0 Å². The summed E-state index contributed by atoms with van der Waals surface area (Å²) in [6.07, 6.45) is 1.68. The van der Waals surface area contributed by atoms with Crippen LogP contribution in [0.3, 0.4) is 0 Å². The minimum atomic E-state index is -0.676. The fraction of sp³-hybridized carbons (Fsp3) is 0.304. The van der Waals surface area contributed by atoms with Crippen molar-refractivity contribution in [1.29, 1.82) is 0 Å². The average molecular weight is 410 g/mol. The van der Waals surface area contributed by atoms with Crippen LogP contribution in [-0.4, -0.2) is 39.2 Å². The van der Waals surface area contributed by atoms with Gasteiger partial charge in [-0.15, -0.1) is 6.58 Å². The van der Waals surface area contributed by atoms with Gasteiger partial charge in [-0.2, -0.15) is 0 Å². The van der Waals surface area contributed by atoms with E-state index >= 15 is 0 Å². The molecule has 2 aromatic carbocycles. The molecule has 7 nitrogen and oxygen atoms in total. The number of benzene rings is 2. The van der Waals surface area contributed by atoms with Gasteiger partial charge in [-0.3, -0.25) is 9.59 Å². The number of methoxy groups -OCH3 is 2. The molecule has 0 radical (unpaired) electrons. The smallest absolute Gasteiger partial charge is 0.255 e. The molecule has 0 bridgehead atoms. The number of carbonyl (C=O) groups is 2. The topological polar surface area (TPSA) is 77.1 Å². The standard InChI is InChI=1S/C23H26N2O5/c1-6-11-25-17-9-8-16(13-19(17)30-14-23(2,3)22(25)27)24-21(26)15-7-10-18(28-4)20(12-15)29-5/h6-10,12-13H,1,11,14H2,2-5H3,(H,24,26). The molecule has 0 fully saturated rings. The Bertz CT molecular complexity index is 984. The molecule has 30 heavy (non-hydrogen) atoms. The van der Waals surface area contributed by atoms with Crippen molar-refractivity contribution in [2.75, 3.05) is 37.6 Å². The molecule has 0 unspecified atom stereocenters. The van der Waals surface area contributed by atoms with Crippen LogP contribution in [0.15, 0.2) is 49.1 Å². The van der Waals surface area contributed by atoms with Gasteiger partial charge in [0.2, 0.25) is 5.91 Å². The van der Waals surface area contributed by atoms with E-state index in [-0.39, 0.29) is 18.4 Å². The van der Waals surface area contributed by atoms with Gasteiger partial charge in [-0.25, -0.2) is 0 Å². The Morgan fingerprint density at radius 3 is 2.60 bits per heavy atom. The molecule has 0 saturated carbocycles. The number of ether oxygens (including phenoxy) is 3. The van der Waals surface area contributed by atoms with Gasteiger partial charge >= 0.3 is 0 Å². The molecule has 3 rings (SSSR count). The number of hydrogen-bond acceptors (Lipinski definition) is 5. The van der Waals surface area contributed by atoms with Crippen molar-refractivity contribution in [1.82, 2.24) is 0 Å².